The predicted molar refractivity (Wildman–Crippen MR) is 74.9 cm³/mol. The first-order valence-corrected chi connectivity index (χ1v) is 6.82. The molecule has 0 N–H and O–H groups in total. The van der Waals surface area contributed by atoms with Crippen molar-refractivity contribution >= 4 is 11.5 Å². The highest BCUT2D eigenvalue weighted by atomic mass is 19.1. The summed E-state index contributed by atoms with van der Waals surface area (Å²) in [6, 6.07) is 6.60. The first-order valence-electron chi connectivity index (χ1n) is 6.82. The summed E-state index contributed by atoms with van der Waals surface area (Å²) in [6.45, 7) is 7.98. The third kappa shape index (κ3) is 3.77. The molecule has 0 radical (unpaired) electrons. The minimum atomic E-state index is -0.204. The van der Waals surface area contributed by atoms with Crippen LogP contribution in [0.25, 0.3) is 0 Å². The number of rotatable bonds is 4. The second-order valence-corrected chi connectivity index (χ2v) is 5.36. The van der Waals surface area contributed by atoms with Crippen molar-refractivity contribution in [2.24, 2.45) is 5.92 Å². The largest absolute Gasteiger partial charge is 0.369 e. The molecule has 104 valence electrons. The molecule has 0 saturated carbocycles. The zero-order valence-electron chi connectivity index (χ0n) is 11.6. The summed E-state index contributed by atoms with van der Waals surface area (Å²) in [5.74, 6) is 0.204. The molecule has 19 heavy (non-hydrogen) atoms. The molecule has 1 aliphatic heterocycles. The summed E-state index contributed by atoms with van der Waals surface area (Å²) in [7, 11) is 0. The van der Waals surface area contributed by atoms with Crippen LogP contribution in [0.4, 0.5) is 10.1 Å². The topological polar surface area (TPSA) is 23.6 Å². The van der Waals surface area contributed by atoms with Crippen molar-refractivity contribution in [2.75, 3.05) is 37.6 Å². The Bertz CT molecular complexity index is 422. The number of halogens is 1. The van der Waals surface area contributed by atoms with E-state index in [0.29, 0.717) is 12.3 Å². The van der Waals surface area contributed by atoms with Crippen LogP contribution < -0.4 is 4.90 Å². The fourth-order valence-electron chi connectivity index (χ4n) is 2.22. The number of nitrogens with zero attached hydrogens (tertiary/aromatic N) is 2. The van der Waals surface area contributed by atoms with Crippen LogP contribution in [0.15, 0.2) is 24.3 Å². The molecular formula is C15H21FN2O. The number of anilines is 1. The molecule has 1 heterocycles. The van der Waals surface area contributed by atoms with Crippen molar-refractivity contribution in [3.05, 3.63) is 30.1 Å². The van der Waals surface area contributed by atoms with Crippen LogP contribution in [0.3, 0.4) is 0 Å². The SMILES string of the molecule is CC(C)C(=O)CN1CCN(c2ccc(F)cc2)CC1. The van der Waals surface area contributed by atoms with E-state index in [2.05, 4.69) is 9.80 Å². The van der Waals surface area contributed by atoms with Gasteiger partial charge in [0.15, 0.2) is 0 Å². The predicted octanol–water partition coefficient (Wildman–Crippen LogP) is 2.17. The molecule has 1 saturated heterocycles. The average molecular weight is 264 g/mol. The summed E-state index contributed by atoms with van der Waals surface area (Å²) in [4.78, 5) is 16.1. The number of benzene rings is 1. The van der Waals surface area contributed by atoms with Gasteiger partial charge in [-0.3, -0.25) is 9.69 Å². The fraction of sp³-hybridized carbons (Fsp3) is 0.533. The van der Waals surface area contributed by atoms with Crippen molar-refractivity contribution in [3.8, 4) is 0 Å². The number of carbonyl (C=O) groups is 1. The van der Waals surface area contributed by atoms with E-state index in [1.165, 1.54) is 12.1 Å². The maximum absolute atomic E-state index is 12.9. The van der Waals surface area contributed by atoms with Gasteiger partial charge >= 0.3 is 0 Å². The van der Waals surface area contributed by atoms with Gasteiger partial charge in [-0.2, -0.15) is 0 Å². The van der Waals surface area contributed by atoms with Gasteiger partial charge in [-0.05, 0) is 24.3 Å². The van der Waals surface area contributed by atoms with Crippen molar-refractivity contribution in [1.82, 2.24) is 4.90 Å². The maximum Gasteiger partial charge on any atom is 0.149 e. The second kappa shape index (κ2) is 6.15. The van der Waals surface area contributed by atoms with Crippen molar-refractivity contribution in [1.29, 1.82) is 0 Å². The van der Waals surface area contributed by atoms with Crippen LogP contribution in [0, 0.1) is 11.7 Å². The van der Waals surface area contributed by atoms with Crippen LogP contribution in [0.1, 0.15) is 13.8 Å². The van der Waals surface area contributed by atoms with Gasteiger partial charge in [0.2, 0.25) is 0 Å². The van der Waals surface area contributed by atoms with Gasteiger partial charge in [-0.15, -0.1) is 0 Å². The molecule has 0 aromatic heterocycles. The molecule has 0 atom stereocenters. The number of hydrogen-bond donors (Lipinski definition) is 0. The Hall–Kier alpha value is -1.42. The van der Waals surface area contributed by atoms with E-state index >= 15 is 0 Å². The number of carbonyl (C=O) groups excluding carboxylic acids is 1. The van der Waals surface area contributed by atoms with E-state index in [1.54, 1.807) is 0 Å². The van der Waals surface area contributed by atoms with Crippen molar-refractivity contribution < 1.29 is 9.18 Å². The summed E-state index contributed by atoms with van der Waals surface area (Å²) >= 11 is 0. The minimum absolute atomic E-state index is 0.107. The summed E-state index contributed by atoms with van der Waals surface area (Å²) in [5, 5.41) is 0. The van der Waals surface area contributed by atoms with Gasteiger partial charge in [0.1, 0.15) is 11.6 Å². The lowest BCUT2D eigenvalue weighted by Crippen LogP contribution is -2.48. The lowest BCUT2D eigenvalue weighted by Gasteiger charge is -2.36. The molecule has 1 aromatic rings. The number of piperazine rings is 1. The van der Waals surface area contributed by atoms with Gasteiger partial charge in [-0.1, -0.05) is 13.8 Å². The molecule has 1 fully saturated rings. The zero-order valence-corrected chi connectivity index (χ0v) is 11.6. The quantitative estimate of drug-likeness (QED) is 0.832. The molecule has 0 amide bonds. The standard InChI is InChI=1S/C15H21FN2O/c1-12(2)15(19)11-17-7-9-18(10-8-17)14-5-3-13(16)4-6-14/h3-6,12H,7-11H2,1-2H3. The van der Waals surface area contributed by atoms with Gasteiger partial charge < -0.3 is 4.90 Å². The van der Waals surface area contributed by atoms with Crippen LogP contribution in [-0.2, 0) is 4.79 Å². The Morgan fingerprint density at radius 3 is 2.26 bits per heavy atom. The van der Waals surface area contributed by atoms with E-state index in [9.17, 15) is 9.18 Å². The van der Waals surface area contributed by atoms with Gasteiger partial charge in [0.05, 0.1) is 6.54 Å². The smallest absolute Gasteiger partial charge is 0.149 e. The molecule has 0 aliphatic carbocycles. The van der Waals surface area contributed by atoms with E-state index in [0.717, 1.165) is 31.9 Å². The fourth-order valence-corrected chi connectivity index (χ4v) is 2.22. The Morgan fingerprint density at radius 1 is 1.16 bits per heavy atom. The molecule has 0 unspecified atom stereocenters. The summed E-state index contributed by atoms with van der Waals surface area (Å²) in [6.07, 6.45) is 0. The third-order valence-electron chi connectivity index (χ3n) is 3.59. The minimum Gasteiger partial charge on any atom is -0.369 e. The maximum atomic E-state index is 12.9. The summed E-state index contributed by atoms with van der Waals surface area (Å²) < 4.78 is 12.9. The number of ketones is 1. The highest BCUT2D eigenvalue weighted by molar-refractivity contribution is 5.82. The first-order chi connectivity index (χ1) is 9.06. The Labute approximate surface area is 114 Å². The molecule has 1 aliphatic rings. The van der Waals surface area contributed by atoms with Crippen LogP contribution in [0.5, 0.6) is 0 Å². The van der Waals surface area contributed by atoms with Crippen LogP contribution >= 0.6 is 0 Å². The molecular weight excluding hydrogens is 243 g/mol. The van der Waals surface area contributed by atoms with Gasteiger partial charge in [0.25, 0.3) is 0 Å². The normalized spacial score (nSPS) is 16.9. The average Bonchev–Trinajstić information content (AvgIpc) is 2.40. The molecule has 1 aromatic carbocycles. The Morgan fingerprint density at radius 2 is 1.74 bits per heavy atom. The molecule has 3 nitrogen and oxygen atoms in total. The second-order valence-electron chi connectivity index (χ2n) is 5.36. The number of Topliss-reactive ketones (excluding diaryl/α,β-unsaturated/α-hetero) is 1. The first kappa shape index (κ1) is 14.0. The summed E-state index contributed by atoms with van der Waals surface area (Å²) in [5.41, 5.74) is 1.05. The van der Waals surface area contributed by atoms with Crippen LogP contribution in [-0.4, -0.2) is 43.4 Å². The Kier molecular flexibility index (Phi) is 4.53. The molecule has 0 bridgehead atoms. The van der Waals surface area contributed by atoms with Crippen molar-refractivity contribution in [2.45, 2.75) is 13.8 Å². The van der Waals surface area contributed by atoms with Crippen LogP contribution in [0.2, 0.25) is 0 Å². The third-order valence-corrected chi connectivity index (χ3v) is 3.59. The molecule has 4 heteroatoms. The van der Waals surface area contributed by atoms with Gasteiger partial charge in [-0.25, -0.2) is 4.39 Å². The zero-order chi connectivity index (χ0) is 13.8. The Balaban J connectivity index is 1.85. The highest BCUT2D eigenvalue weighted by Gasteiger charge is 2.20. The number of hydrogen-bond acceptors (Lipinski definition) is 3. The van der Waals surface area contributed by atoms with Crippen molar-refractivity contribution in [3.63, 3.8) is 0 Å². The molecule has 2 rings (SSSR count). The lowest BCUT2D eigenvalue weighted by atomic mass is 10.1. The van der Waals surface area contributed by atoms with E-state index < -0.39 is 0 Å². The van der Waals surface area contributed by atoms with E-state index in [1.807, 2.05) is 26.0 Å². The highest BCUT2D eigenvalue weighted by Crippen LogP contribution is 2.16. The monoisotopic (exact) mass is 264 g/mol. The lowest BCUT2D eigenvalue weighted by molar-refractivity contribution is -0.123. The van der Waals surface area contributed by atoms with E-state index in [-0.39, 0.29) is 11.7 Å². The van der Waals surface area contributed by atoms with E-state index in [4.69, 9.17) is 0 Å². The molecule has 0 spiro atoms. The van der Waals surface area contributed by atoms with Gasteiger partial charge in [0, 0.05) is 37.8 Å².